The molecule has 1 aliphatic rings. The zero-order chi connectivity index (χ0) is 18.5. The predicted molar refractivity (Wildman–Crippen MR) is 98.7 cm³/mol. The molecule has 3 rings (SSSR count). The summed E-state index contributed by atoms with van der Waals surface area (Å²) in [5.74, 6) is 0.931. The molecule has 1 N–H and O–H groups in total. The zero-order valence-corrected chi connectivity index (χ0v) is 14.9. The van der Waals surface area contributed by atoms with Gasteiger partial charge in [0.05, 0.1) is 6.61 Å². The lowest BCUT2D eigenvalue weighted by Crippen LogP contribution is -2.20. The maximum absolute atomic E-state index is 13.6. The van der Waals surface area contributed by atoms with Gasteiger partial charge in [0.1, 0.15) is 23.4 Å². The van der Waals surface area contributed by atoms with Crippen LogP contribution in [0.5, 0.6) is 11.5 Å². The second-order valence-corrected chi connectivity index (χ2v) is 6.21. The minimum Gasteiger partial charge on any atom is -0.494 e. The van der Waals surface area contributed by atoms with Crippen LogP contribution in [-0.4, -0.2) is 18.6 Å². The van der Waals surface area contributed by atoms with E-state index >= 15 is 0 Å². The Kier molecular flexibility index (Phi) is 5.56. The Balaban J connectivity index is 1.68. The van der Waals surface area contributed by atoms with E-state index in [-0.39, 0.29) is 17.8 Å². The van der Waals surface area contributed by atoms with Crippen LogP contribution in [0.25, 0.3) is 6.08 Å². The SMILES string of the molecule is CCOc1cc2c(cc1CNC(=O)/C=C/c1ccccc1F)O[C@@H](C)C2. The first-order valence-electron chi connectivity index (χ1n) is 8.72. The van der Waals surface area contributed by atoms with Gasteiger partial charge in [-0.15, -0.1) is 0 Å². The van der Waals surface area contributed by atoms with Gasteiger partial charge < -0.3 is 14.8 Å². The van der Waals surface area contributed by atoms with E-state index in [0.29, 0.717) is 18.7 Å². The molecule has 0 unspecified atom stereocenters. The number of benzene rings is 2. The Morgan fingerprint density at radius 1 is 1.38 bits per heavy atom. The average Bonchev–Trinajstić information content (AvgIpc) is 2.98. The maximum atomic E-state index is 13.6. The van der Waals surface area contributed by atoms with Gasteiger partial charge in [-0.05, 0) is 38.1 Å². The summed E-state index contributed by atoms with van der Waals surface area (Å²) in [6.07, 6.45) is 3.78. The van der Waals surface area contributed by atoms with E-state index in [9.17, 15) is 9.18 Å². The molecule has 136 valence electrons. The van der Waals surface area contributed by atoms with Gasteiger partial charge in [-0.2, -0.15) is 0 Å². The lowest BCUT2D eigenvalue weighted by molar-refractivity contribution is -0.116. The van der Waals surface area contributed by atoms with Crippen LogP contribution < -0.4 is 14.8 Å². The first kappa shape index (κ1) is 18.0. The number of rotatable bonds is 6. The van der Waals surface area contributed by atoms with E-state index in [1.807, 2.05) is 26.0 Å². The van der Waals surface area contributed by atoms with E-state index in [1.165, 1.54) is 18.2 Å². The van der Waals surface area contributed by atoms with Gasteiger partial charge in [-0.1, -0.05) is 18.2 Å². The van der Waals surface area contributed by atoms with Crippen molar-refractivity contribution >= 4 is 12.0 Å². The maximum Gasteiger partial charge on any atom is 0.244 e. The fourth-order valence-electron chi connectivity index (χ4n) is 2.93. The quantitative estimate of drug-likeness (QED) is 0.800. The van der Waals surface area contributed by atoms with Crippen molar-refractivity contribution < 1.29 is 18.7 Å². The summed E-state index contributed by atoms with van der Waals surface area (Å²) in [6.45, 7) is 4.80. The Hall–Kier alpha value is -2.82. The fourth-order valence-corrected chi connectivity index (χ4v) is 2.93. The van der Waals surface area contributed by atoms with Crippen molar-refractivity contribution in [2.45, 2.75) is 32.9 Å². The van der Waals surface area contributed by atoms with Gasteiger partial charge in [0.15, 0.2) is 0 Å². The highest BCUT2D eigenvalue weighted by atomic mass is 19.1. The fraction of sp³-hybridized carbons (Fsp3) is 0.286. The second-order valence-electron chi connectivity index (χ2n) is 6.21. The number of fused-ring (bicyclic) bond motifs is 1. The average molecular weight is 355 g/mol. The molecule has 0 aliphatic carbocycles. The van der Waals surface area contributed by atoms with Gasteiger partial charge in [-0.3, -0.25) is 4.79 Å². The van der Waals surface area contributed by atoms with Crippen LogP contribution in [0.3, 0.4) is 0 Å². The summed E-state index contributed by atoms with van der Waals surface area (Å²) in [5.41, 5.74) is 2.35. The van der Waals surface area contributed by atoms with Gasteiger partial charge in [0.25, 0.3) is 0 Å². The van der Waals surface area contributed by atoms with Crippen molar-refractivity contribution in [1.82, 2.24) is 5.32 Å². The van der Waals surface area contributed by atoms with Gasteiger partial charge in [0, 0.05) is 35.7 Å². The molecule has 2 aromatic rings. The summed E-state index contributed by atoms with van der Waals surface area (Å²) in [4.78, 5) is 12.1. The summed E-state index contributed by atoms with van der Waals surface area (Å²) in [7, 11) is 0. The van der Waals surface area contributed by atoms with Crippen molar-refractivity contribution in [2.75, 3.05) is 6.61 Å². The Labute approximate surface area is 152 Å². The van der Waals surface area contributed by atoms with Crippen molar-refractivity contribution in [3.05, 3.63) is 65.0 Å². The number of carbonyl (C=O) groups is 1. The molecule has 0 fully saturated rings. The summed E-state index contributed by atoms with van der Waals surface area (Å²) in [5, 5.41) is 2.81. The monoisotopic (exact) mass is 355 g/mol. The third-order valence-electron chi connectivity index (χ3n) is 4.15. The molecule has 1 heterocycles. The number of hydrogen-bond acceptors (Lipinski definition) is 3. The smallest absolute Gasteiger partial charge is 0.244 e. The summed E-state index contributed by atoms with van der Waals surface area (Å²) in [6, 6.07) is 10.2. The molecule has 0 saturated carbocycles. The highest BCUT2D eigenvalue weighted by Gasteiger charge is 2.21. The molecule has 0 aromatic heterocycles. The number of ether oxygens (including phenoxy) is 2. The lowest BCUT2D eigenvalue weighted by atomic mass is 10.1. The van der Waals surface area contributed by atoms with Crippen LogP contribution in [-0.2, 0) is 17.8 Å². The molecule has 0 bridgehead atoms. The highest BCUT2D eigenvalue weighted by molar-refractivity contribution is 5.91. The first-order chi connectivity index (χ1) is 12.6. The number of hydrogen-bond donors (Lipinski definition) is 1. The third kappa shape index (κ3) is 4.23. The van der Waals surface area contributed by atoms with Crippen LogP contribution in [0.2, 0.25) is 0 Å². The molecule has 26 heavy (non-hydrogen) atoms. The van der Waals surface area contributed by atoms with Gasteiger partial charge in [0.2, 0.25) is 5.91 Å². The van der Waals surface area contributed by atoms with Crippen LogP contribution in [0.15, 0.2) is 42.5 Å². The minimum absolute atomic E-state index is 0.146. The number of carbonyl (C=O) groups excluding carboxylic acids is 1. The third-order valence-corrected chi connectivity index (χ3v) is 4.15. The van der Waals surface area contributed by atoms with Crippen LogP contribution in [0.1, 0.15) is 30.5 Å². The van der Waals surface area contributed by atoms with E-state index in [0.717, 1.165) is 29.0 Å². The minimum atomic E-state index is -0.361. The molecule has 0 radical (unpaired) electrons. The highest BCUT2D eigenvalue weighted by Crippen LogP contribution is 2.35. The van der Waals surface area contributed by atoms with Gasteiger partial charge in [-0.25, -0.2) is 4.39 Å². The van der Waals surface area contributed by atoms with Crippen LogP contribution in [0, 0.1) is 5.82 Å². The molecule has 1 aliphatic heterocycles. The number of amides is 1. The molecule has 4 nitrogen and oxygen atoms in total. The summed E-state index contributed by atoms with van der Waals surface area (Å²) >= 11 is 0. The van der Waals surface area contributed by atoms with Crippen LogP contribution in [0.4, 0.5) is 4.39 Å². The van der Waals surface area contributed by atoms with Crippen LogP contribution >= 0.6 is 0 Å². The molecular formula is C21H22FNO3. The molecular weight excluding hydrogens is 333 g/mol. The van der Waals surface area contributed by atoms with E-state index in [1.54, 1.807) is 18.2 Å². The Morgan fingerprint density at radius 3 is 2.96 bits per heavy atom. The van der Waals surface area contributed by atoms with Crippen molar-refractivity contribution in [2.24, 2.45) is 0 Å². The summed E-state index contributed by atoms with van der Waals surface area (Å²) < 4.78 is 25.1. The van der Waals surface area contributed by atoms with Crippen molar-refractivity contribution in [3.8, 4) is 11.5 Å². The largest absolute Gasteiger partial charge is 0.494 e. The molecule has 1 amide bonds. The topological polar surface area (TPSA) is 47.6 Å². The van der Waals surface area contributed by atoms with Gasteiger partial charge >= 0.3 is 0 Å². The van der Waals surface area contributed by atoms with E-state index < -0.39 is 0 Å². The molecule has 0 spiro atoms. The zero-order valence-electron chi connectivity index (χ0n) is 14.9. The second kappa shape index (κ2) is 8.04. The lowest BCUT2D eigenvalue weighted by Gasteiger charge is -2.13. The number of nitrogens with one attached hydrogen (secondary N) is 1. The normalized spacial score (nSPS) is 15.6. The number of halogens is 1. The Morgan fingerprint density at radius 2 is 2.19 bits per heavy atom. The van der Waals surface area contributed by atoms with E-state index in [2.05, 4.69) is 5.32 Å². The molecule has 0 saturated heterocycles. The molecule has 5 heteroatoms. The van der Waals surface area contributed by atoms with E-state index in [4.69, 9.17) is 9.47 Å². The van der Waals surface area contributed by atoms with Crippen molar-refractivity contribution in [1.29, 1.82) is 0 Å². The predicted octanol–water partition coefficient (Wildman–Crippen LogP) is 3.88. The first-order valence-corrected chi connectivity index (χ1v) is 8.72. The standard InChI is InChI=1S/C21H22FNO3/c1-3-25-19-11-16-10-14(2)26-20(16)12-17(19)13-23-21(24)9-8-15-6-4-5-7-18(15)22/h4-9,11-12,14H,3,10,13H2,1-2H3,(H,23,24)/b9-8+/t14-/m0/s1. The Bertz CT molecular complexity index is 832. The van der Waals surface area contributed by atoms with Crippen molar-refractivity contribution in [3.63, 3.8) is 0 Å². The molecule has 2 aromatic carbocycles. The molecule has 1 atom stereocenters.